The predicted octanol–water partition coefficient (Wildman–Crippen LogP) is 1.18. The summed E-state index contributed by atoms with van der Waals surface area (Å²) < 4.78 is 39.2. The van der Waals surface area contributed by atoms with Gasteiger partial charge in [-0.2, -0.15) is 4.72 Å². The first-order valence-corrected chi connectivity index (χ1v) is 7.55. The molecule has 1 amide bonds. The quantitative estimate of drug-likeness (QED) is 0.743. The summed E-state index contributed by atoms with van der Waals surface area (Å²) in [6.45, 7) is 5.40. The molecule has 7 heteroatoms. The molecule has 0 aliphatic heterocycles. The van der Waals surface area contributed by atoms with Crippen LogP contribution in [0.3, 0.4) is 0 Å². The maximum Gasteiger partial charge on any atom is 0.241 e. The molecule has 20 heavy (non-hydrogen) atoms. The molecule has 2 N–H and O–H groups in total. The molecule has 0 fully saturated rings. The Hall–Kier alpha value is -1.73. The number of benzene rings is 1. The summed E-state index contributed by atoms with van der Waals surface area (Å²) >= 11 is 0. The number of hydrogen-bond donors (Lipinski definition) is 2. The first-order chi connectivity index (χ1) is 9.40. The SMILES string of the molecule is C=CCNC(=O)C(CC)NS(=O)(=O)c1ccc(F)cc1. The van der Waals surface area contributed by atoms with E-state index >= 15 is 0 Å². The van der Waals surface area contributed by atoms with Crippen molar-refractivity contribution in [1.29, 1.82) is 0 Å². The Balaban J connectivity index is 2.85. The second kappa shape index (κ2) is 7.16. The van der Waals surface area contributed by atoms with Crippen LogP contribution >= 0.6 is 0 Å². The van der Waals surface area contributed by atoms with E-state index in [0.29, 0.717) is 6.42 Å². The van der Waals surface area contributed by atoms with Crippen LogP contribution in [0.5, 0.6) is 0 Å². The van der Waals surface area contributed by atoms with Crippen LogP contribution in [0, 0.1) is 5.82 Å². The van der Waals surface area contributed by atoms with Crippen molar-refractivity contribution in [2.24, 2.45) is 0 Å². The summed E-state index contributed by atoms with van der Waals surface area (Å²) in [7, 11) is -3.86. The third kappa shape index (κ3) is 4.43. The molecule has 0 aromatic heterocycles. The number of halogens is 1. The number of amides is 1. The minimum Gasteiger partial charge on any atom is -0.351 e. The molecule has 1 atom stereocenters. The van der Waals surface area contributed by atoms with Crippen LogP contribution in [0.4, 0.5) is 4.39 Å². The average Bonchev–Trinajstić information content (AvgIpc) is 2.42. The smallest absolute Gasteiger partial charge is 0.241 e. The second-order valence-corrected chi connectivity index (χ2v) is 5.78. The lowest BCUT2D eigenvalue weighted by Gasteiger charge is -2.16. The van der Waals surface area contributed by atoms with Gasteiger partial charge in [0.15, 0.2) is 0 Å². The third-order valence-electron chi connectivity index (χ3n) is 2.57. The van der Waals surface area contributed by atoms with Crippen LogP contribution < -0.4 is 10.0 Å². The van der Waals surface area contributed by atoms with E-state index in [4.69, 9.17) is 0 Å². The van der Waals surface area contributed by atoms with Gasteiger partial charge in [-0.15, -0.1) is 6.58 Å². The molecule has 0 aliphatic carbocycles. The van der Waals surface area contributed by atoms with Gasteiger partial charge < -0.3 is 5.32 Å². The zero-order valence-electron chi connectivity index (χ0n) is 11.1. The highest BCUT2D eigenvalue weighted by Crippen LogP contribution is 2.11. The Labute approximate surface area is 117 Å². The van der Waals surface area contributed by atoms with E-state index in [1.165, 1.54) is 6.08 Å². The fourth-order valence-corrected chi connectivity index (χ4v) is 2.77. The highest BCUT2D eigenvalue weighted by atomic mass is 32.2. The van der Waals surface area contributed by atoms with E-state index in [9.17, 15) is 17.6 Å². The van der Waals surface area contributed by atoms with Crippen molar-refractivity contribution in [2.45, 2.75) is 24.3 Å². The maximum absolute atomic E-state index is 12.8. The van der Waals surface area contributed by atoms with Crippen molar-refractivity contribution in [3.8, 4) is 0 Å². The minimum absolute atomic E-state index is 0.0890. The van der Waals surface area contributed by atoms with Gasteiger partial charge in [-0.05, 0) is 30.7 Å². The van der Waals surface area contributed by atoms with Crippen LogP contribution in [-0.2, 0) is 14.8 Å². The van der Waals surface area contributed by atoms with Gasteiger partial charge in [0.05, 0.1) is 4.90 Å². The molecule has 0 aliphatic rings. The summed E-state index contributed by atoms with van der Waals surface area (Å²) in [6.07, 6.45) is 1.79. The molecule has 0 saturated heterocycles. The number of carbonyl (C=O) groups excluding carboxylic acids is 1. The maximum atomic E-state index is 12.8. The molecule has 110 valence electrons. The fraction of sp³-hybridized carbons (Fsp3) is 0.308. The van der Waals surface area contributed by atoms with Crippen molar-refractivity contribution in [3.05, 3.63) is 42.7 Å². The van der Waals surface area contributed by atoms with Crippen LogP contribution in [0.25, 0.3) is 0 Å². The van der Waals surface area contributed by atoms with Gasteiger partial charge in [0.25, 0.3) is 0 Å². The molecule has 0 heterocycles. The Morgan fingerprint density at radius 2 is 2.00 bits per heavy atom. The van der Waals surface area contributed by atoms with Crippen LogP contribution in [0.15, 0.2) is 41.8 Å². The van der Waals surface area contributed by atoms with E-state index in [-0.39, 0.29) is 11.4 Å². The number of carbonyl (C=O) groups is 1. The zero-order chi connectivity index (χ0) is 15.2. The largest absolute Gasteiger partial charge is 0.351 e. The van der Waals surface area contributed by atoms with Gasteiger partial charge in [0, 0.05) is 6.54 Å². The molecular weight excluding hydrogens is 283 g/mol. The fourth-order valence-electron chi connectivity index (χ4n) is 1.49. The summed E-state index contributed by atoms with van der Waals surface area (Å²) in [5, 5.41) is 2.52. The molecule has 0 saturated carbocycles. The number of hydrogen-bond acceptors (Lipinski definition) is 3. The molecule has 5 nitrogen and oxygen atoms in total. The molecule has 0 spiro atoms. The molecule has 1 aromatic rings. The van der Waals surface area contributed by atoms with Gasteiger partial charge in [0.2, 0.25) is 15.9 Å². The van der Waals surface area contributed by atoms with E-state index in [1.54, 1.807) is 6.92 Å². The highest BCUT2D eigenvalue weighted by molar-refractivity contribution is 7.89. The predicted molar refractivity (Wildman–Crippen MR) is 74.0 cm³/mol. The third-order valence-corrected chi connectivity index (χ3v) is 4.05. The first kappa shape index (κ1) is 16.3. The Morgan fingerprint density at radius 1 is 1.40 bits per heavy atom. The molecule has 1 rings (SSSR count). The Kier molecular flexibility index (Phi) is 5.84. The van der Waals surface area contributed by atoms with E-state index in [2.05, 4.69) is 16.6 Å². The topological polar surface area (TPSA) is 75.3 Å². The number of sulfonamides is 1. The summed E-state index contributed by atoms with van der Waals surface area (Å²) in [6, 6.07) is 3.50. The minimum atomic E-state index is -3.86. The standard InChI is InChI=1S/C13H17FN2O3S/c1-3-9-15-13(17)12(4-2)16-20(18,19)11-7-5-10(14)6-8-11/h3,5-8,12,16H,1,4,9H2,2H3,(H,15,17). The van der Waals surface area contributed by atoms with Crippen molar-refractivity contribution in [3.63, 3.8) is 0 Å². The van der Waals surface area contributed by atoms with Gasteiger partial charge in [-0.25, -0.2) is 12.8 Å². The second-order valence-electron chi connectivity index (χ2n) is 4.07. The van der Waals surface area contributed by atoms with Gasteiger partial charge >= 0.3 is 0 Å². The molecule has 1 unspecified atom stereocenters. The number of rotatable bonds is 7. The molecule has 0 bridgehead atoms. The normalized spacial score (nSPS) is 12.7. The molecule has 0 radical (unpaired) electrons. The summed E-state index contributed by atoms with van der Waals surface area (Å²) in [4.78, 5) is 11.7. The number of nitrogens with one attached hydrogen (secondary N) is 2. The van der Waals surface area contributed by atoms with E-state index < -0.39 is 27.8 Å². The Morgan fingerprint density at radius 3 is 2.50 bits per heavy atom. The lowest BCUT2D eigenvalue weighted by atomic mass is 10.2. The first-order valence-electron chi connectivity index (χ1n) is 6.07. The lowest BCUT2D eigenvalue weighted by molar-refractivity contribution is -0.122. The van der Waals surface area contributed by atoms with Gasteiger partial charge in [-0.3, -0.25) is 4.79 Å². The monoisotopic (exact) mass is 300 g/mol. The van der Waals surface area contributed by atoms with Gasteiger partial charge in [0.1, 0.15) is 11.9 Å². The van der Waals surface area contributed by atoms with Crippen LogP contribution in [-0.4, -0.2) is 26.9 Å². The van der Waals surface area contributed by atoms with Crippen LogP contribution in [0.1, 0.15) is 13.3 Å². The van der Waals surface area contributed by atoms with Crippen LogP contribution in [0.2, 0.25) is 0 Å². The highest BCUT2D eigenvalue weighted by Gasteiger charge is 2.23. The van der Waals surface area contributed by atoms with E-state index in [1.807, 2.05) is 0 Å². The molecular formula is C13H17FN2O3S. The molecule has 1 aromatic carbocycles. The van der Waals surface area contributed by atoms with Gasteiger partial charge in [-0.1, -0.05) is 13.0 Å². The average molecular weight is 300 g/mol. The van der Waals surface area contributed by atoms with E-state index in [0.717, 1.165) is 24.3 Å². The Bertz CT molecular complexity index is 570. The van der Waals surface area contributed by atoms with Crippen molar-refractivity contribution < 1.29 is 17.6 Å². The zero-order valence-corrected chi connectivity index (χ0v) is 11.9. The lowest BCUT2D eigenvalue weighted by Crippen LogP contribution is -2.46. The summed E-state index contributed by atoms with van der Waals surface area (Å²) in [5.41, 5.74) is 0. The summed E-state index contributed by atoms with van der Waals surface area (Å²) in [5.74, 6) is -0.960. The van der Waals surface area contributed by atoms with Crippen molar-refractivity contribution >= 4 is 15.9 Å². The van der Waals surface area contributed by atoms with Crippen molar-refractivity contribution in [1.82, 2.24) is 10.0 Å². The van der Waals surface area contributed by atoms with Crippen molar-refractivity contribution in [2.75, 3.05) is 6.54 Å².